The van der Waals surface area contributed by atoms with Gasteiger partial charge in [0.25, 0.3) is 0 Å². The van der Waals surface area contributed by atoms with Crippen LogP contribution in [-0.2, 0) is 0 Å². The molecule has 0 saturated heterocycles. The highest BCUT2D eigenvalue weighted by Gasteiger charge is 2.32. The minimum absolute atomic E-state index is 0.569. The Labute approximate surface area is 136 Å². The summed E-state index contributed by atoms with van der Waals surface area (Å²) in [5.74, 6) is 2.65. The van der Waals surface area contributed by atoms with Gasteiger partial charge in [-0.2, -0.15) is 0 Å². The van der Waals surface area contributed by atoms with Gasteiger partial charge in [-0.15, -0.1) is 0 Å². The zero-order valence-electron chi connectivity index (χ0n) is 16.3. The van der Waals surface area contributed by atoms with E-state index < -0.39 is 0 Å². The van der Waals surface area contributed by atoms with Crippen LogP contribution < -0.4 is 0 Å². The van der Waals surface area contributed by atoms with Gasteiger partial charge in [-0.25, -0.2) is 0 Å². The Balaban J connectivity index is 4.42. The van der Waals surface area contributed by atoms with Crippen LogP contribution in [-0.4, -0.2) is 0 Å². The van der Waals surface area contributed by atoms with Crippen molar-refractivity contribution in [1.29, 1.82) is 0 Å². The van der Waals surface area contributed by atoms with Crippen LogP contribution in [0.3, 0.4) is 0 Å². The van der Waals surface area contributed by atoms with Crippen molar-refractivity contribution in [2.45, 2.75) is 113 Å². The van der Waals surface area contributed by atoms with Crippen molar-refractivity contribution in [2.24, 2.45) is 23.2 Å². The molecule has 0 amide bonds. The number of hydrogen-bond donors (Lipinski definition) is 0. The molecule has 0 N–H and O–H groups in total. The van der Waals surface area contributed by atoms with Crippen LogP contribution >= 0.6 is 0 Å². The molecule has 0 aliphatic rings. The smallest absolute Gasteiger partial charge is 0.0298 e. The average Bonchev–Trinajstić information content (AvgIpc) is 2.49. The maximum atomic E-state index is 2.59. The quantitative estimate of drug-likeness (QED) is 0.303. The minimum atomic E-state index is 0.569. The summed E-state index contributed by atoms with van der Waals surface area (Å²) in [5, 5.41) is 0. The Morgan fingerprint density at radius 2 is 1.33 bits per heavy atom. The highest BCUT2D eigenvalue weighted by atomic mass is 14.4. The fraction of sp³-hybridized carbons (Fsp3) is 1.00. The summed E-state index contributed by atoms with van der Waals surface area (Å²) in [4.78, 5) is 0. The van der Waals surface area contributed by atoms with Crippen LogP contribution in [0.4, 0.5) is 0 Å². The topological polar surface area (TPSA) is 0 Å². The molecule has 0 nitrogen and oxygen atoms in total. The predicted octanol–water partition coefficient (Wildman–Crippen LogP) is 7.86. The molecule has 0 rings (SSSR count). The van der Waals surface area contributed by atoms with Crippen LogP contribution in [0, 0.1) is 23.2 Å². The zero-order valence-corrected chi connectivity index (χ0v) is 16.3. The molecule has 4 unspecified atom stereocenters. The molecule has 0 aliphatic carbocycles. The van der Waals surface area contributed by atoms with Gasteiger partial charge in [-0.3, -0.25) is 0 Å². The Hall–Kier alpha value is 0. The van der Waals surface area contributed by atoms with Crippen LogP contribution in [0.15, 0.2) is 0 Å². The summed E-state index contributed by atoms with van der Waals surface area (Å²) in [6.45, 7) is 17.0. The van der Waals surface area contributed by atoms with Gasteiger partial charge in [0.2, 0.25) is 0 Å². The summed E-state index contributed by atoms with van der Waals surface area (Å²) >= 11 is 0. The van der Waals surface area contributed by atoms with Crippen LogP contribution in [0.1, 0.15) is 113 Å². The molecule has 0 spiro atoms. The second-order valence-electron chi connectivity index (χ2n) is 8.04. The first-order chi connectivity index (χ1) is 9.91. The van der Waals surface area contributed by atoms with E-state index in [1.165, 1.54) is 64.2 Å². The fourth-order valence-electron chi connectivity index (χ4n) is 3.63. The van der Waals surface area contributed by atoms with E-state index in [2.05, 4.69) is 48.5 Å². The third-order valence-corrected chi connectivity index (χ3v) is 6.34. The van der Waals surface area contributed by atoms with Gasteiger partial charge in [0, 0.05) is 0 Å². The standard InChI is InChI=1S/C21H44/c1-8-11-13-16-21(7,20(6)19(5)10-3)17-14-12-15-18(4)9-2/h18-20H,8-17H2,1-7H3. The lowest BCUT2D eigenvalue weighted by Crippen LogP contribution is -2.30. The van der Waals surface area contributed by atoms with E-state index in [9.17, 15) is 0 Å². The molecule has 0 heteroatoms. The molecule has 4 atom stereocenters. The van der Waals surface area contributed by atoms with Gasteiger partial charge in [0.15, 0.2) is 0 Å². The zero-order chi connectivity index (χ0) is 16.3. The molecule has 0 aromatic rings. The molecule has 0 fully saturated rings. The Morgan fingerprint density at radius 1 is 0.762 bits per heavy atom. The van der Waals surface area contributed by atoms with E-state index in [1.54, 1.807) is 0 Å². The average molecular weight is 297 g/mol. The van der Waals surface area contributed by atoms with E-state index in [4.69, 9.17) is 0 Å². The summed E-state index contributed by atoms with van der Waals surface area (Å²) in [6.07, 6.45) is 14.1. The predicted molar refractivity (Wildman–Crippen MR) is 98.8 cm³/mol. The number of unbranched alkanes of at least 4 members (excludes halogenated alkanes) is 3. The van der Waals surface area contributed by atoms with E-state index >= 15 is 0 Å². The number of rotatable bonds is 13. The van der Waals surface area contributed by atoms with Crippen molar-refractivity contribution in [3.05, 3.63) is 0 Å². The first kappa shape index (κ1) is 21.0. The SMILES string of the molecule is CCCCCC(C)(CCCCC(C)CC)C(C)C(C)CC. The largest absolute Gasteiger partial charge is 0.0654 e. The highest BCUT2D eigenvalue weighted by Crippen LogP contribution is 2.43. The second-order valence-corrected chi connectivity index (χ2v) is 8.04. The van der Waals surface area contributed by atoms with Gasteiger partial charge in [0.1, 0.15) is 0 Å². The van der Waals surface area contributed by atoms with Crippen LogP contribution in [0.25, 0.3) is 0 Å². The van der Waals surface area contributed by atoms with Crippen LogP contribution in [0.2, 0.25) is 0 Å². The van der Waals surface area contributed by atoms with Crippen molar-refractivity contribution in [3.63, 3.8) is 0 Å². The third kappa shape index (κ3) is 8.27. The van der Waals surface area contributed by atoms with Gasteiger partial charge >= 0.3 is 0 Å². The van der Waals surface area contributed by atoms with Crippen molar-refractivity contribution >= 4 is 0 Å². The lowest BCUT2D eigenvalue weighted by molar-refractivity contribution is 0.107. The van der Waals surface area contributed by atoms with Crippen molar-refractivity contribution in [1.82, 2.24) is 0 Å². The van der Waals surface area contributed by atoms with E-state index in [-0.39, 0.29) is 0 Å². The normalized spacial score (nSPS) is 19.0. The molecule has 21 heavy (non-hydrogen) atoms. The molecular formula is C21H44. The minimum Gasteiger partial charge on any atom is -0.0654 e. The molecule has 0 saturated carbocycles. The summed E-state index contributed by atoms with van der Waals surface area (Å²) < 4.78 is 0. The summed E-state index contributed by atoms with van der Waals surface area (Å²) in [5.41, 5.74) is 0.569. The molecule has 0 aromatic heterocycles. The molecule has 128 valence electrons. The molecule has 0 heterocycles. The first-order valence-corrected chi connectivity index (χ1v) is 9.91. The van der Waals surface area contributed by atoms with Gasteiger partial charge in [-0.1, -0.05) is 99.8 Å². The third-order valence-electron chi connectivity index (χ3n) is 6.34. The van der Waals surface area contributed by atoms with Crippen molar-refractivity contribution < 1.29 is 0 Å². The van der Waals surface area contributed by atoms with E-state index in [1.807, 2.05) is 0 Å². The molecule has 0 radical (unpaired) electrons. The van der Waals surface area contributed by atoms with Crippen LogP contribution in [0.5, 0.6) is 0 Å². The Bertz CT molecular complexity index is 232. The van der Waals surface area contributed by atoms with Crippen molar-refractivity contribution in [2.75, 3.05) is 0 Å². The summed E-state index contributed by atoms with van der Waals surface area (Å²) in [7, 11) is 0. The van der Waals surface area contributed by atoms with Gasteiger partial charge < -0.3 is 0 Å². The molecular weight excluding hydrogens is 252 g/mol. The van der Waals surface area contributed by atoms with E-state index in [0.29, 0.717) is 5.41 Å². The maximum absolute atomic E-state index is 2.59. The maximum Gasteiger partial charge on any atom is -0.0298 e. The first-order valence-electron chi connectivity index (χ1n) is 9.91. The molecule has 0 bridgehead atoms. The highest BCUT2D eigenvalue weighted by molar-refractivity contribution is 4.83. The van der Waals surface area contributed by atoms with Crippen molar-refractivity contribution in [3.8, 4) is 0 Å². The summed E-state index contributed by atoms with van der Waals surface area (Å²) in [6, 6.07) is 0. The Morgan fingerprint density at radius 3 is 1.81 bits per heavy atom. The van der Waals surface area contributed by atoms with E-state index in [0.717, 1.165) is 17.8 Å². The Kier molecular flexibility index (Phi) is 11.6. The lowest BCUT2D eigenvalue weighted by Gasteiger charge is -2.40. The number of hydrogen-bond acceptors (Lipinski definition) is 0. The lowest BCUT2D eigenvalue weighted by atomic mass is 9.66. The molecule has 0 aliphatic heterocycles. The fourth-order valence-corrected chi connectivity index (χ4v) is 3.63. The van der Waals surface area contributed by atoms with Gasteiger partial charge in [0.05, 0.1) is 0 Å². The molecule has 0 aromatic carbocycles. The van der Waals surface area contributed by atoms with Gasteiger partial charge in [-0.05, 0) is 36.0 Å². The second kappa shape index (κ2) is 11.6. The monoisotopic (exact) mass is 296 g/mol.